The van der Waals surface area contributed by atoms with Gasteiger partial charge < -0.3 is 24.8 Å². The highest BCUT2D eigenvalue weighted by molar-refractivity contribution is 6.18. The number of rotatable bonds is 13. The van der Waals surface area contributed by atoms with E-state index in [4.69, 9.17) is 9.47 Å². The number of ether oxygens (including phenoxy) is 2. The second-order valence-electron chi connectivity index (χ2n) is 12.6. The van der Waals surface area contributed by atoms with Gasteiger partial charge in [0.25, 0.3) is 0 Å². The lowest BCUT2D eigenvalue weighted by Crippen LogP contribution is -2.57. The van der Waals surface area contributed by atoms with E-state index in [1.54, 1.807) is 13.8 Å². The summed E-state index contributed by atoms with van der Waals surface area (Å²) in [5.41, 5.74) is 0. The van der Waals surface area contributed by atoms with Crippen LogP contribution in [0.2, 0.25) is 0 Å². The van der Waals surface area contributed by atoms with Gasteiger partial charge in [0.15, 0.2) is 17.9 Å². The molecule has 250 valence electrons. The summed E-state index contributed by atoms with van der Waals surface area (Å²) in [6, 6.07) is 0. The number of aliphatic hydroxyl groups excluding tert-OH is 3. The summed E-state index contributed by atoms with van der Waals surface area (Å²) >= 11 is 0. The van der Waals surface area contributed by atoms with Crippen molar-refractivity contribution in [3.8, 4) is 0 Å². The molecule has 45 heavy (non-hydrogen) atoms. The first kappa shape index (κ1) is 36.8. The van der Waals surface area contributed by atoms with Gasteiger partial charge in [-0.05, 0) is 50.7 Å². The van der Waals surface area contributed by atoms with E-state index in [1.807, 2.05) is 26.0 Å². The molecule has 0 radical (unpaired) electrons. The Morgan fingerprint density at radius 1 is 0.756 bits per heavy atom. The maximum Gasteiger partial charge on any atom is 0.186 e. The lowest BCUT2D eigenvalue weighted by atomic mass is 9.72. The largest absolute Gasteiger partial charge is 0.388 e. The molecule has 3 N–H and O–H groups in total. The highest BCUT2D eigenvalue weighted by Gasteiger charge is 2.54. The first-order chi connectivity index (χ1) is 21.3. The van der Waals surface area contributed by atoms with E-state index in [9.17, 15) is 44.1 Å². The minimum absolute atomic E-state index is 0.0434. The Morgan fingerprint density at radius 3 is 1.84 bits per heavy atom. The van der Waals surface area contributed by atoms with Gasteiger partial charge in [0, 0.05) is 43.4 Å². The minimum Gasteiger partial charge on any atom is -0.388 e. The van der Waals surface area contributed by atoms with Gasteiger partial charge in [0.2, 0.25) is 0 Å². The van der Waals surface area contributed by atoms with Crippen molar-refractivity contribution in [2.75, 3.05) is 6.61 Å². The maximum atomic E-state index is 13.2. The first-order valence-electron chi connectivity index (χ1n) is 16.2. The average molecular weight is 633 g/mol. The lowest BCUT2D eigenvalue weighted by molar-refractivity contribution is -0.295. The normalized spacial score (nSPS) is 34.6. The van der Waals surface area contributed by atoms with Crippen LogP contribution in [0.3, 0.4) is 0 Å². The van der Waals surface area contributed by atoms with E-state index >= 15 is 0 Å². The quantitative estimate of drug-likeness (QED) is 0.200. The van der Waals surface area contributed by atoms with Crippen LogP contribution in [0.1, 0.15) is 79.1 Å². The molecule has 1 heterocycles. The number of aliphatic hydroxyl groups is 3. The third-order valence-corrected chi connectivity index (χ3v) is 9.47. The molecule has 0 amide bonds. The molecule has 11 heteroatoms. The summed E-state index contributed by atoms with van der Waals surface area (Å²) in [5.74, 6) is -2.58. The standard InChI is InChI=1S/C23H34O8.C11H14O3/c1-4-14(24)6-5-7-15-19(26)16-11(2)8-9-13(17(16)20(15)27)10-30-23-22(29)21(28)18(25)12(3)31-23;1-2-8(12)4-3-5-9-10(13)6-7-11(9)14/h8-9,11-13,15-18,21-23,25,28-29H,4-7,10H2,1-3H3;6-7,9H,2-5H2,1H3/t11?,12?,13?,15?,16?,17?,18-,21-,22?,23+;/m0./s1. The molecule has 1 saturated heterocycles. The van der Waals surface area contributed by atoms with Gasteiger partial charge >= 0.3 is 0 Å². The van der Waals surface area contributed by atoms with Crippen LogP contribution < -0.4 is 0 Å². The predicted octanol–water partition coefficient (Wildman–Crippen LogP) is 2.26. The average Bonchev–Trinajstić information content (AvgIpc) is 3.48. The van der Waals surface area contributed by atoms with Gasteiger partial charge in [-0.3, -0.25) is 28.8 Å². The third kappa shape index (κ3) is 8.98. The molecule has 4 aliphatic rings. The van der Waals surface area contributed by atoms with Crippen LogP contribution in [0.15, 0.2) is 24.3 Å². The van der Waals surface area contributed by atoms with Gasteiger partial charge in [0.05, 0.1) is 24.5 Å². The minimum atomic E-state index is -1.42. The van der Waals surface area contributed by atoms with E-state index in [-0.39, 0.29) is 53.1 Å². The molecule has 7 unspecified atom stereocenters. The molecule has 3 aliphatic carbocycles. The zero-order valence-electron chi connectivity index (χ0n) is 26.6. The number of hydrogen-bond acceptors (Lipinski definition) is 11. The number of hydrogen-bond donors (Lipinski definition) is 3. The van der Waals surface area contributed by atoms with Crippen molar-refractivity contribution in [2.45, 2.75) is 110 Å². The van der Waals surface area contributed by atoms with E-state index in [0.717, 1.165) is 0 Å². The molecule has 2 fully saturated rings. The number of carbonyl (C=O) groups excluding carboxylic acids is 6. The Balaban J connectivity index is 0.000000330. The van der Waals surface area contributed by atoms with Crippen molar-refractivity contribution >= 4 is 34.7 Å². The van der Waals surface area contributed by atoms with Gasteiger partial charge in [-0.15, -0.1) is 0 Å². The highest BCUT2D eigenvalue weighted by atomic mass is 16.7. The Labute approximate surface area is 264 Å². The molecular weight excluding hydrogens is 584 g/mol. The zero-order valence-corrected chi connectivity index (χ0v) is 26.6. The van der Waals surface area contributed by atoms with E-state index in [0.29, 0.717) is 51.4 Å². The molecule has 0 aromatic carbocycles. The summed E-state index contributed by atoms with van der Waals surface area (Å²) in [7, 11) is 0. The van der Waals surface area contributed by atoms with Crippen LogP contribution in [-0.2, 0) is 38.2 Å². The van der Waals surface area contributed by atoms with Crippen molar-refractivity contribution in [2.24, 2.45) is 35.5 Å². The Hall–Kier alpha value is -2.70. The van der Waals surface area contributed by atoms with Crippen LogP contribution in [0.25, 0.3) is 0 Å². The van der Waals surface area contributed by atoms with Crippen molar-refractivity contribution in [3.05, 3.63) is 24.3 Å². The number of allylic oxidation sites excluding steroid dienone is 3. The fourth-order valence-corrected chi connectivity index (χ4v) is 6.56. The molecule has 4 rings (SSSR count). The van der Waals surface area contributed by atoms with Crippen molar-refractivity contribution in [1.82, 2.24) is 0 Å². The van der Waals surface area contributed by atoms with E-state index in [1.165, 1.54) is 12.2 Å². The molecule has 0 aromatic rings. The molecule has 1 aliphatic heterocycles. The molecule has 11 nitrogen and oxygen atoms in total. The molecule has 10 atom stereocenters. The van der Waals surface area contributed by atoms with E-state index in [2.05, 4.69) is 0 Å². The van der Waals surface area contributed by atoms with Gasteiger partial charge in [-0.1, -0.05) is 32.9 Å². The van der Waals surface area contributed by atoms with Gasteiger partial charge in [-0.25, -0.2) is 0 Å². The second kappa shape index (κ2) is 16.7. The number of ketones is 6. The number of Topliss-reactive ketones (excluding diaryl/α,β-unsaturated/α-hetero) is 4. The van der Waals surface area contributed by atoms with Crippen LogP contribution in [0.4, 0.5) is 0 Å². The summed E-state index contributed by atoms with van der Waals surface area (Å²) in [6.45, 7) is 7.15. The first-order valence-corrected chi connectivity index (χ1v) is 16.2. The molecule has 1 saturated carbocycles. The molecule has 0 bridgehead atoms. The Morgan fingerprint density at radius 2 is 1.29 bits per heavy atom. The Kier molecular flexibility index (Phi) is 13.7. The number of fused-ring (bicyclic) bond motifs is 1. The SMILES string of the molecule is CCC(=O)CCCC1C(=O)C2C(C)C=CC(CO[C@@H]3OC(C)[C@H](O)[C@H](O)C3O)C2C1=O.CCC(=O)CCCC1C(=O)C=CC1=O. The van der Waals surface area contributed by atoms with E-state index < -0.39 is 54.4 Å². The summed E-state index contributed by atoms with van der Waals surface area (Å²) in [4.78, 5) is 71.0. The van der Waals surface area contributed by atoms with Crippen molar-refractivity contribution in [1.29, 1.82) is 0 Å². The van der Waals surface area contributed by atoms with Crippen LogP contribution in [0, 0.1) is 35.5 Å². The summed E-state index contributed by atoms with van der Waals surface area (Å²) < 4.78 is 11.2. The van der Waals surface area contributed by atoms with Crippen LogP contribution in [-0.4, -0.2) is 87.3 Å². The summed E-state index contributed by atoms with van der Waals surface area (Å²) in [5, 5.41) is 29.9. The van der Waals surface area contributed by atoms with Crippen LogP contribution >= 0.6 is 0 Å². The smallest absolute Gasteiger partial charge is 0.186 e. The highest BCUT2D eigenvalue weighted by Crippen LogP contribution is 2.45. The molecule has 0 aromatic heterocycles. The van der Waals surface area contributed by atoms with Crippen molar-refractivity contribution < 1.29 is 53.6 Å². The third-order valence-electron chi connectivity index (χ3n) is 9.47. The number of carbonyl (C=O) groups is 6. The zero-order chi connectivity index (χ0) is 33.4. The second-order valence-corrected chi connectivity index (χ2v) is 12.6. The lowest BCUT2D eigenvalue weighted by Gasteiger charge is -2.40. The van der Waals surface area contributed by atoms with Crippen LogP contribution in [0.5, 0.6) is 0 Å². The fraction of sp³-hybridized carbons (Fsp3) is 0.706. The summed E-state index contributed by atoms with van der Waals surface area (Å²) in [6.07, 6.45) is 4.48. The van der Waals surface area contributed by atoms with Gasteiger partial charge in [-0.2, -0.15) is 0 Å². The maximum absolute atomic E-state index is 13.2. The van der Waals surface area contributed by atoms with Crippen molar-refractivity contribution in [3.63, 3.8) is 0 Å². The monoisotopic (exact) mass is 632 g/mol. The topological polar surface area (TPSA) is 182 Å². The molecule has 0 spiro atoms. The molecular formula is C34H48O11. The van der Waals surface area contributed by atoms with Gasteiger partial charge in [0.1, 0.15) is 41.4 Å². The Bertz CT molecular complexity index is 1150. The fourth-order valence-electron chi connectivity index (χ4n) is 6.56. The predicted molar refractivity (Wildman–Crippen MR) is 162 cm³/mol.